The van der Waals surface area contributed by atoms with Crippen molar-refractivity contribution in [2.75, 3.05) is 55.0 Å². The minimum absolute atomic E-state index is 0.0326. The summed E-state index contributed by atoms with van der Waals surface area (Å²) in [4.78, 5) is 38.6. The molecule has 3 aliphatic rings. The first-order valence-corrected chi connectivity index (χ1v) is 13.2. The van der Waals surface area contributed by atoms with Crippen LogP contribution in [0.25, 0.3) is 0 Å². The van der Waals surface area contributed by atoms with E-state index in [0.717, 1.165) is 43.8 Å². The molecule has 0 aliphatic carbocycles. The van der Waals surface area contributed by atoms with Crippen molar-refractivity contribution in [3.8, 4) is 0 Å². The molecule has 204 valence electrons. The van der Waals surface area contributed by atoms with Gasteiger partial charge in [0.05, 0.1) is 22.0 Å². The molecule has 1 aromatic heterocycles. The molecule has 2 amide bonds. The minimum Gasteiger partial charge on any atom is -0.368 e. The van der Waals surface area contributed by atoms with Gasteiger partial charge >= 0.3 is 6.18 Å². The van der Waals surface area contributed by atoms with Gasteiger partial charge in [-0.3, -0.25) is 14.5 Å². The zero-order valence-corrected chi connectivity index (χ0v) is 22.4. The number of hydrogen-bond donors (Lipinski definition) is 0. The third-order valence-corrected chi connectivity index (χ3v) is 8.25. The molecule has 0 saturated carbocycles. The van der Waals surface area contributed by atoms with Gasteiger partial charge in [0.15, 0.2) is 0 Å². The maximum absolute atomic E-state index is 13.9. The molecule has 5 rings (SSSR count). The van der Waals surface area contributed by atoms with Crippen LogP contribution in [0.2, 0.25) is 5.02 Å². The van der Waals surface area contributed by atoms with Crippen LogP contribution in [0.5, 0.6) is 0 Å². The molecular formula is C27H31ClF3N5O2. The Morgan fingerprint density at radius 2 is 1.82 bits per heavy atom. The van der Waals surface area contributed by atoms with Crippen molar-refractivity contribution in [2.24, 2.45) is 11.8 Å². The molecule has 1 aromatic carbocycles. The van der Waals surface area contributed by atoms with Gasteiger partial charge in [-0.1, -0.05) is 17.7 Å². The lowest BCUT2D eigenvalue weighted by Gasteiger charge is -2.41. The Morgan fingerprint density at radius 1 is 1.11 bits per heavy atom. The highest BCUT2D eigenvalue weighted by molar-refractivity contribution is 6.34. The van der Waals surface area contributed by atoms with Crippen molar-refractivity contribution in [3.63, 3.8) is 0 Å². The number of aryl methyl sites for hydroxylation is 1. The number of nitrogens with zero attached hydrogens (tertiary/aromatic N) is 5. The van der Waals surface area contributed by atoms with Gasteiger partial charge in [-0.25, -0.2) is 4.98 Å². The number of carbonyl (C=O) groups excluding carboxylic acids is 2. The summed E-state index contributed by atoms with van der Waals surface area (Å²) in [7, 11) is 3.73. The molecule has 2 aromatic rings. The molecule has 3 aliphatic heterocycles. The molecule has 7 nitrogen and oxygen atoms in total. The number of likely N-dealkylation sites (tertiary alicyclic amines) is 1. The van der Waals surface area contributed by atoms with Crippen molar-refractivity contribution in [1.82, 2.24) is 9.88 Å². The second-order valence-electron chi connectivity index (χ2n) is 10.7. The number of piperidine rings is 1. The third-order valence-electron chi connectivity index (χ3n) is 7.94. The molecular weight excluding hydrogens is 519 g/mol. The summed E-state index contributed by atoms with van der Waals surface area (Å²) in [6, 6.07) is 6.20. The molecule has 0 spiro atoms. The normalized spacial score (nSPS) is 23.4. The van der Waals surface area contributed by atoms with E-state index in [4.69, 9.17) is 11.6 Å². The number of anilines is 3. The third kappa shape index (κ3) is 4.96. The topological polar surface area (TPSA) is 60.0 Å². The second-order valence-corrected chi connectivity index (χ2v) is 11.1. The Labute approximate surface area is 225 Å². The van der Waals surface area contributed by atoms with Crippen LogP contribution >= 0.6 is 11.6 Å². The number of amides is 2. The summed E-state index contributed by atoms with van der Waals surface area (Å²) in [5.41, 5.74) is 0.588. The SMILES string of the molecule is Cc1cc(C(F)(F)F)cc(N2C(=O)C[C@@H]3CN(CC4CCN(C)CC4)c4c(Cl)cccc4N(C)C(=O)[C@H]32)n1. The monoisotopic (exact) mass is 549 g/mol. The molecule has 2 fully saturated rings. The fourth-order valence-electron chi connectivity index (χ4n) is 5.99. The summed E-state index contributed by atoms with van der Waals surface area (Å²) in [6.45, 7) is 4.53. The van der Waals surface area contributed by atoms with Crippen molar-refractivity contribution in [3.05, 3.63) is 46.6 Å². The van der Waals surface area contributed by atoms with E-state index in [2.05, 4.69) is 21.8 Å². The maximum atomic E-state index is 13.9. The van der Waals surface area contributed by atoms with Gasteiger partial charge < -0.3 is 14.7 Å². The molecule has 4 heterocycles. The standard InChI is InChI=1S/C27H31ClF3N5O2/c1-16-11-19(27(29,30)31)13-22(32-16)36-23(37)12-18-15-35(14-17-7-9-33(2)10-8-17)25-20(28)5-4-6-21(25)34(3)26(38)24(18)36/h4-6,11,13,17-18,24H,7-10,12,14-15H2,1-3H3/t18-,24+/m1/s1. The molecule has 0 bridgehead atoms. The Balaban J connectivity index is 1.56. The van der Waals surface area contributed by atoms with E-state index in [1.165, 1.54) is 16.7 Å². The first-order valence-electron chi connectivity index (χ1n) is 12.8. The number of fused-ring (bicyclic) bond motifs is 2. The lowest BCUT2D eigenvalue weighted by Crippen LogP contribution is -2.53. The Hall–Kier alpha value is -2.85. The van der Waals surface area contributed by atoms with E-state index in [1.54, 1.807) is 19.2 Å². The molecule has 0 radical (unpaired) electrons. The highest BCUT2D eigenvalue weighted by atomic mass is 35.5. The summed E-state index contributed by atoms with van der Waals surface area (Å²) in [5.74, 6) is -0.963. The predicted octanol–water partition coefficient (Wildman–Crippen LogP) is 4.61. The van der Waals surface area contributed by atoms with E-state index in [0.29, 0.717) is 29.7 Å². The number of carbonyl (C=O) groups is 2. The van der Waals surface area contributed by atoms with Gasteiger partial charge in [0, 0.05) is 38.2 Å². The van der Waals surface area contributed by atoms with E-state index in [-0.39, 0.29) is 23.8 Å². The summed E-state index contributed by atoms with van der Waals surface area (Å²) in [6.07, 6.45) is -2.53. The summed E-state index contributed by atoms with van der Waals surface area (Å²) >= 11 is 6.71. The lowest BCUT2D eigenvalue weighted by molar-refractivity contribution is -0.137. The van der Waals surface area contributed by atoms with Crippen LogP contribution < -0.4 is 14.7 Å². The fourth-order valence-corrected chi connectivity index (χ4v) is 6.28. The van der Waals surface area contributed by atoms with E-state index < -0.39 is 29.6 Å². The zero-order valence-electron chi connectivity index (χ0n) is 21.6. The van der Waals surface area contributed by atoms with Crippen LogP contribution in [0.1, 0.15) is 30.5 Å². The highest BCUT2D eigenvalue weighted by Gasteiger charge is 2.49. The quantitative estimate of drug-likeness (QED) is 0.560. The Bertz CT molecular complexity index is 1250. The number of para-hydroxylation sites is 1. The molecule has 11 heteroatoms. The number of aromatic nitrogens is 1. The average Bonchev–Trinajstić information content (AvgIpc) is 3.17. The van der Waals surface area contributed by atoms with Crippen molar-refractivity contribution in [1.29, 1.82) is 0 Å². The van der Waals surface area contributed by atoms with Gasteiger partial charge in [0.1, 0.15) is 11.9 Å². The van der Waals surface area contributed by atoms with Crippen LogP contribution in [-0.4, -0.2) is 68.0 Å². The predicted molar refractivity (Wildman–Crippen MR) is 141 cm³/mol. The largest absolute Gasteiger partial charge is 0.416 e. The van der Waals surface area contributed by atoms with Crippen molar-refractivity contribution in [2.45, 2.75) is 38.4 Å². The van der Waals surface area contributed by atoms with Crippen LogP contribution in [0, 0.1) is 18.8 Å². The van der Waals surface area contributed by atoms with Crippen LogP contribution in [0.15, 0.2) is 30.3 Å². The highest BCUT2D eigenvalue weighted by Crippen LogP contribution is 2.43. The number of benzene rings is 1. The molecule has 2 saturated heterocycles. The summed E-state index contributed by atoms with van der Waals surface area (Å²) < 4.78 is 40.8. The smallest absolute Gasteiger partial charge is 0.368 e. The van der Waals surface area contributed by atoms with E-state index in [9.17, 15) is 22.8 Å². The van der Waals surface area contributed by atoms with Gasteiger partial charge in [-0.05, 0) is 70.1 Å². The number of likely N-dealkylation sites (N-methyl/N-ethyl adjacent to an activating group) is 1. The van der Waals surface area contributed by atoms with Crippen LogP contribution in [-0.2, 0) is 15.8 Å². The average molecular weight is 550 g/mol. The van der Waals surface area contributed by atoms with Gasteiger partial charge in [-0.2, -0.15) is 13.2 Å². The van der Waals surface area contributed by atoms with Gasteiger partial charge in [0.25, 0.3) is 0 Å². The number of hydrogen-bond acceptors (Lipinski definition) is 5. The first kappa shape index (κ1) is 26.7. The molecule has 38 heavy (non-hydrogen) atoms. The number of halogens is 4. The first-order chi connectivity index (χ1) is 17.9. The number of alkyl halides is 3. The fraction of sp³-hybridized carbons (Fsp3) is 0.519. The minimum atomic E-state index is -4.60. The second kappa shape index (κ2) is 10.0. The number of pyridine rings is 1. The van der Waals surface area contributed by atoms with Crippen molar-refractivity contribution < 1.29 is 22.8 Å². The van der Waals surface area contributed by atoms with Crippen molar-refractivity contribution >= 4 is 40.6 Å². The summed E-state index contributed by atoms with van der Waals surface area (Å²) in [5, 5.41) is 0.518. The Kier molecular flexibility index (Phi) is 7.06. The van der Waals surface area contributed by atoms with Gasteiger partial charge in [0.2, 0.25) is 11.8 Å². The van der Waals surface area contributed by atoms with E-state index in [1.807, 2.05) is 6.07 Å². The Morgan fingerprint density at radius 3 is 2.50 bits per heavy atom. The van der Waals surface area contributed by atoms with Crippen LogP contribution in [0.4, 0.5) is 30.4 Å². The zero-order chi connectivity index (χ0) is 27.4. The van der Waals surface area contributed by atoms with Crippen LogP contribution in [0.3, 0.4) is 0 Å². The molecule has 0 N–H and O–H groups in total. The maximum Gasteiger partial charge on any atom is 0.416 e. The lowest BCUT2D eigenvalue weighted by atomic mass is 9.92. The molecule has 0 unspecified atom stereocenters. The number of rotatable bonds is 3. The van der Waals surface area contributed by atoms with E-state index >= 15 is 0 Å². The van der Waals surface area contributed by atoms with Gasteiger partial charge in [-0.15, -0.1) is 0 Å². The molecule has 2 atom stereocenters.